The Labute approximate surface area is 122 Å². The number of rotatable bonds is 7. The maximum atomic E-state index is 12.1. The Morgan fingerprint density at radius 3 is 2.52 bits per heavy atom. The fraction of sp³-hybridized carbons (Fsp3) is 0.429. The van der Waals surface area contributed by atoms with Crippen LogP contribution in [0, 0.1) is 10.1 Å². The fourth-order valence-electron chi connectivity index (χ4n) is 1.88. The number of carbonyl (C=O) groups excluding carboxylic acids is 2. The van der Waals surface area contributed by atoms with E-state index in [0.717, 1.165) is 6.07 Å². The van der Waals surface area contributed by atoms with Crippen LogP contribution >= 0.6 is 0 Å². The van der Waals surface area contributed by atoms with Crippen LogP contribution in [0.1, 0.15) is 31.1 Å². The molecule has 1 amide bonds. The second-order valence-electron chi connectivity index (χ2n) is 4.37. The second kappa shape index (κ2) is 7.37. The van der Waals surface area contributed by atoms with Crippen LogP contribution in [0.2, 0.25) is 0 Å². The van der Waals surface area contributed by atoms with Crippen molar-refractivity contribution in [3.63, 3.8) is 0 Å². The molecule has 0 saturated heterocycles. The van der Waals surface area contributed by atoms with Crippen molar-refractivity contribution in [1.29, 1.82) is 0 Å². The standard InChI is InChI=1S/C14H18N2O5/c1-4-15(5-2)14(18)10(3)21-13-7-6-11(9-17)8-12(13)16(19)20/h6-10H,4-5H2,1-3H3. The minimum Gasteiger partial charge on any atom is -0.474 e. The molecule has 7 heteroatoms. The van der Waals surface area contributed by atoms with Gasteiger partial charge in [0.25, 0.3) is 5.91 Å². The third kappa shape index (κ3) is 4.01. The third-order valence-electron chi connectivity index (χ3n) is 3.04. The summed E-state index contributed by atoms with van der Waals surface area (Å²) in [5.74, 6) is -0.271. The summed E-state index contributed by atoms with van der Waals surface area (Å²) in [4.78, 5) is 34.7. The largest absolute Gasteiger partial charge is 0.474 e. The average molecular weight is 294 g/mol. The smallest absolute Gasteiger partial charge is 0.311 e. The van der Waals surface area contributed by atoms with Crippen molar-refractivity contribution in [3.05, 3.63) is 33.9 Å². The Bertz CT molecular complexity index is 540. The van der Waals surface area contributed by atoms with Gasteiger partial charge in [-0.1, -0.05) is 0 Å². The van der Waals surface area contributed by atoms with Crippen molar-refractivity contribution in [2.75, 3.05) is 13.1 Å². The van der Waals surface area contributed by atoms with Gasteiger partial charge in [-0.05, 0) is 32.9 Å². The van der Waals surface area contributed by atoms with Crippen LogP contribution in [0.5, 0.6) is 5.75 Å². The molecule has 0 aromatic heterocycles. The molecule has 0 fully saturated rings. The molecular formula is C14H18N2O5. The summed E-state index contributed by atoms with van der Waals surface area (Å²) in [7, 11) is 0. The lowest BCUT2D eigenvalue weighted by molar-refractivity contribution is -0.386. The van der Waals surface area contributed by atoms with E-state index in [9.17, 15) is 19.7 Å². The Balaban J connectivity index is 2.99. The van der Waals surface area contributed by atoms with E-state index in [-0.39, 0.29) is 22.9 Å². The minimum atomic E-state index is -0.842. The van der Waals surface area contributed by atoms with Crippen LogP contribution in [-0.2, 0) is 4.79 Å². The Kier molecular flexibility index (Phi) is 5.83. The van der Waals surface area contributed by atoms with Gasteiger partial charge in [0.05, 0.1) is 4.92 Å². The number of ether oxygens (including phenoxy) is 1. The number of likely N-dealkylation sites (N-methyl/N-ethyl adjacent to an activating group) is 1. The monoisotopic (exact) mass is 294 g/mol. The van der Waals surface area contributed by atoms with E-state index < -0.39 is 11.0 Å². The average Bonchev–Trinajstić information content (AvgIpc) is 2.48. The molecule has 0 aliphatic rings. The van der Waals surface area contributed by atoms with Gasteiger partial charge < -0.3 is 9.64 Å². The summed E-state index contributed by atoms with van der Waals surface area (Å²) in [6, 6.07) is 3.86. The van der Waals surface area contributed by atoms with Crippen molar-refractivity contribution in [3.8, 4) is 5.75 Å². The van der Waals surface area contributed by atoms with Crippen LogP contribution < -0.4 is 4.74 Å². The summed E-state index contributed by atoms with van der Waals surface area (Å²) >= 11 is 0. The Morgan fingerprint density at radius 1 is 1.43 bits per heavy atom. The van der Waals surface area contributed by atoms with Crippen molar-refractivity contribution in [1.82, 2.24) is 4.90 Å². The van der Waals surface area contributed by atoms with Crippen LogP contribution in [0.15, 0.2) is 18.2 Å². The molecule has 1 rings (SSSR count). The zero-order chi connectivity index (χ0) is 16.0. The first-order valence-electron chi connectivity index (χ1n) is 6.63. The number of nitrogens with zero attached hydrogens (tertiary/aromatic N) is 2. The molecule has 1 aromatic rings. The van der Waals surface area contributed by atoms with Crippen LogP contribution in [0.3, 0.4) is 0 Å². The topological polar surface area (TPSA) is 89.8 Å². The predicted octanol–water partition coefficient (Wildman–Crippen LogP) is 2.04. The molecule has 1 aromatic carbocycles. The van der Waals surface area contributed by atoms with Crippen molar-refractivity contribution < 1.29 is 19.2 Å². The van der Waals surface area contributed by atoms with Crippen LogP contribution in [0.4, 0.5) is 5.69 Å². The van der Waals surface area contributed by atoms with E-state index in [1.807, 2.05) is 13.8 Å². The molecule has 0 aliphatic carbocycles. The highest BCUT2D eigenvalue weighted by molar-refractivity contribution is 5.81. The van der Waals surface area contributed by atoms with Crippen molar-refractivity contribution in [2.45, 2.75) is 26.9 Å². The second-order valence-corrected chi connectivity index (χ2v) is 4.37. The molecule has 0 aliphatic heterocycles. The van der Waals surface area contributed by atoms with Crippen molar-refractivity contribution >= 4 is 17.9 Å². The van der Waals surface area contributed by atoms with Crippen LogP contribution in [-0.4, -0.2) is 41.2 Å². The summed E-state index contributed by atoms with van der Waals surface area (Å²) in [6.07, 6.45) is -0.327. The SMILES string of the molecule is CCN(CC)C(=O)C(C)Oc1ccc(C=O)cc1[N+](=O)[O-]. The van der Waals surface area contributed by atoms with Gasteiger partial charge in [0, 0.05) is 24.7 Å². The van der Waals surface area contributed by atoms with Gasteiger partial charge in [-0.3, -0.25) is 19.7 Å². The molecule has 1 unspecified atom stereocenters. The molecule has 21 heavy (non-hydrogen) atoms. The molecule has 114 valence electrons. The van der Waals surface area contributed by atoms with E-state index in [0.29, 0.717) is 19.4 Å². The highest BCUT2D eigenvalue weighted by atomic mass is 16.6. The number of carbonyl (C=O) groups is 2. The summed E-state index contributed by atoms with van der Waals surface area (Å²) < 4.78 is 5.40. The van der Waals surface area contributed by atoms with Crippen LogP contribution in [0.25, 0.3) is 0 Å². The first-order valence-corrected chi connectivity index (χ1v) is 6.63. The van der Waals surface area contributed by atoms with Gasteiger partial charge in [-0.25, -0.2) is 0 Å². The number of amides is 1. The molecule has 1 atom stereocenters. The third-order valence-corrected chi connectivity index (χ3v) is 3.04. The summed E-state index contributed by atoms with van der Waals surface area (Å²) in [5, 5.41) is 11.0. The maximum Gasteiger partial charge on any atom is 0.311 e. The number of hydrogen-bond acceptors (Lipinski definition) is 5. The van der Waals surface area contributed by atoms with Gasteiger partial charge in [0.2, 0.25) is 0 Å². The minimum absolute atomic E-state index is 0.0291. The Morgan fingerprint density at radius 2 is 2.05 bits per heavy atom. The molecule has 0 bridgehead atoms. The van der Waals surface area contributed by atoms with Gasteiger partial charge in [0.1, 0.15) is 6.29 Å². The summed E-state index contributed by atoms with van der Waals surface area (Å²) in [6.45, 7) is 6.30. The van der Waals surface area contributed by atoms with E-state index in [1.54, 1.807) is 4.90 Å². The quantitative estimate of drug-likeness (QED) is 0.436. The summed E-state index contributed by atoms with van der Waals surface area (Å²) in [5.41, 5.74) is -0.157. The lowest BCUT2D eigenvalue weighted by atomic mass is 10.2. The van der Waals surface area contributed by atoms with Gasteiger partial charge >= 0.3 is 5.69 Å². The fourth-order valence-corrected chi connectivity index (χ4v) is 1.88. The van der Waals surface area contributed by atoms with E-state index in [4.69, 9.17) is 4.74 Å². The Hall–Kier alpha value is -2.44. The zero-order valence-electron chi connectivity index (χ0n) is 12.2. The number of aldehydes is 1. The number of hydrogen-bond donors (Lipinski definition) is 0. The van der Waals surface area contributed by atoms with E-state index >= 15 is 0 Å². The zero-order valence-corrected chi connectivity index (χ0v) is 12.2. The molecule has 0 N–H and O–H groups in total. The van der Waals surface area contributed by atoms with Gasteiger partial charge in [-0.2, -0.15) is 0 Å². The highest BCUT2D eigenvalue weighted by Crippen LogP contribution is 2.28. The van der Waals surface area contributed by atoms with Crippen molar-refractivity contribution in [2.24, 2.45) is 0 Å². The lowest BCUT2D eigenvalue weighted by Crippen LogP contribution is -2.40. The number of benzene rings is 1. The maximum absolute atomic E-state index is 12.1. The molecule has 0 saturated carbocycles. The molecule has 0 radical (unpaired) electrons. The van der Waals surface area contributed by atoms with E-state index in [2.05, 4.69) is 0 Å². The molecule has 0 heterocycles. The first-order chi connectivity index (χ1) is 9.94. The van der Waals surface area contributed by atoms with Gasteiger partial charge in [0.15, 0.2) is 11.9 Å². The molecule has 0 spiro atoms. The molecular weight excluding hydrogens is 276 g/mol. The molecule has 7 nitrogen and oxygen atoms in total. The first kappa shape index (κ1) is 16.6. The number of nitro groups is 1. The predicted molar refractivity (Wildman–Crippen MR) is 76.5 cm³/mol. The van der Waals surface area contributed by atoms with Gasteiger partial charge in [-0.15, -0.1) is 0 Å². The highest BCUT2D eigenvalue weighted by Gasteiger charge is 2.24. The lowest BCUT2D eigenvalue weighted by Gasteiger charge is -2.23. The number of nitro benzene ring substituents is 1. The normalized spacial score (nSPS) is 11.6. The van der Waals surface area contributed by atoms with E-state index in [1.165, 1.54) is 19.1 Å².